The highest BCUT2D eigenvalue weighted by atomic mass is 35.5. The second kappa shape index (κ2) is 5.34. The first-order valence-electron chi connectivity index (χ1n) is 6.00. The van der Waals surface area contributed by atoms with Gasteiger partial charge in [0.05, 0.1) is 0 Å². The maximum absolute atomic E-state index is 6.44. The molecular weight excluding hydrogens is 263 g/mol. The normalized spacial score (nSPS) is 10.7. The molecule has 94 valence electrons. The molecule has 0 nitrogen and oxygen atoms in total. The molecular formula is C16H16Cl2. The topological polar surface area (TPSA) is 0 Å². The first-order valence-corrected chi connectivity index (χ1v) is 6.75. The minimum atomic E-state index is 0.786. The predicted octanol–water partition coefficient (Wildman–Crippen LogP) is 5.51. The van der Waals surface area contributed by atoms with E-state index in [-0.39, 0.29) is 0 Å². The molecule has 0 aliphatic heterocycles. The van der Waals surface area contributed by atoms with Crippen molar-refractivity contribution in [1.82, 2.24) is 0 Å². The fourth-order valence-corrected chi connectivity index (χ4v) is 2.76. The Kier molecular flexibility index (Phi) is 3.99. The van der Waals surface area contributed by atoms with E-state index in [2.05, 4.69) is 26.0 Å². The van der Waals surface area contributed by atoms with Crippen LogP contribution in [0.15, 0.2) is 30.3 Å². The van der Waals surface area contributed by atoms with Crippen molar-refractivity contribution in [3.05, 3.63) is 68.2 Å². The molecule has 0 saturated heterocycles. The van der Waals surface area contributed by atoms with Gasteiger partial charge in [0.15, 0.2) is 0 Å². The van der Waals surface area contributed by atoms with Gasteiger partial charge < -0.3 is 0 Å². The number of hydrogen-bond acceptors (Lipinski definition) is 0. The van der Waals surface area contributed by atoms with Crippen LogP contribution in [0.25, 0.3) is 0 Å². The molecule has 2 rings (SSSR count). The maximum Gasteiger partial charge on any atom is 0.0488 e. The van der Waals surface area contributed by atoms with E-state index in [1.165, 1.54) is 16.7 Å². The van der Waals surface area contributed by atoms with Crippen molar-refractivity contribution in [2.45, 2.75) is 27.2 Å². The van der Waals surface area contributed by atoms with Gasteiger partial charge in [0.25, 0.3) is 0 Å². The minimum Gasteiger partial charge on any atom is -0.0837 e. The number of benzene rings is 2. The maximum atomic E-state index is 6.44. The lowest BCUT2D eigenvalue weighted by molar-refractivity contribution is 1.12. The molecule has 18 heavy (non-hydrogen) atoms. The Morgan fingerprint density at radius 2 is 1.39 bits per heavy atom. The highest BCUT2D eigenvalue weighted by molar-refractivity contribution is 6.37. The Bertz CT molecular complexity index is 542. The Morgan fingerprint density at radius 1 is 0.778 bits per heavy atom. The summed E-state index contributed by atoms with van der Waals surface area (Å²) in [6.07, 6.45) is 0.852. The molecule has 0 aromatic heterocycles. The molecule has 0 heterocycles. The van der Waals surface area contributed by atoms with Crippen LogP contribution in [0.2, 0.25) is 10.0 Å². The summed E-state index contributed by atoms with van der Waals surface area (Å²) < 4.78 is 0. The van der Waals surface area contributed by atoms with Crippen molar-refractivity contribution in [3.8, 4) is 0 Å². The van der Waals surface area contributed by atoms with E-state index in [0.29, 0.717) is 0 Å². The Balaban J connectivity index is 2.52. The van der Waals surface area contributed by atoms with E-state index >= 15 is 0 Å². The van der Waals surface area contributed by atoms with Gasteiger partial charge in [0, 0.05) is 10.0 Å². The smallest absolute Gasteiger partial charge is 0.0488 e. The van der Waals surface area contributed by atoms with E-state index < -0.39 is 0 Å². The molecule has 0 saturated carbocycles. The standard InChI is InChI=1S/C16H16Cl2/c1-10-11(2)15(17)12(3)16(18)14(10)9-13-7-5-4-6-8-13/h4-8H,9H2,1-3H3. The first kappa shape index (κ1) is 13.5. The van der Waals surface area contributed by atoms with Crippen LogP contribution in [0.5, 0.6) is 0 Å². The minimum absolute atomic E-state index is 0.786. The van der Waals surface area contributed by atoms with Gasteiger partial charge in [-0.15, -0.1) is 0 Å². The van der Waals surface area contributed by atoms with Gasteiger partial charge in [-0.25, -0.2) is 0 Å². The Labute approximate surface area is 119 Å². The third-order valence-corrected chi connectivity index (χ3v) is 4.57. The van der Waals surface area contributed by atoms with Crippen molar-refractivity contribution in [2.75, 3.05) is 0 Å². The third kappa shape index (κ3) is 2.41. The summed E-state index contributed by atoms with van der Waals surface area (Å²) in [6, 6.07) is 10.4. The van der Waals surface area contributed by atoms with E-state index in [0.717, 1.165) is 27.6 Å². The SMILES string of the molecule is Cc1c(C)c(Cc2ccccc2)c(Cl)c(C)c1Cl. The highest BCUT2D eigenvalue weighted by Crippen LogP contribution is 2.35. The third-order valence-electron chi connectivity index (χ3n) is 3.49. The van der Waals surface area contributed by atoms with Crippen LogP contribution in [-0.2, 0) is 6.42 Å². The van der Waals surface area contributed by atoms with Crippen LogP contribution < -0.4 is 0 Å². The zero-order valence-corrected chi connectivity index (χ0v) is 12.4. The van der Waals surface area contributed by atoms with Gasteiger partial charge in [-0.1, -0.05) is 53.5 Å². The number of hydrogen-bond donors (Lipinski definition) is 0. The number of halogens is 2. The fourth-order valence-electron chi connectivity index (χ4n) is 2.17. The molecule has 0 aliphatic carbocycles. The molecule has 0 bridgehead atoms. The molecule has 0 fully saturated rings. The molecule has 0 N–H and O–H groups in total. The van der Waals surface area contributed by atoms with E-state index in [4.69, 9.17) is 23.2 Å². The van der Waals surface area contributed by atoms with Crippen LogP contribution in [0.1, 0.15) is 27.8 Å². The molecule has 0 radical (unpaired) electrons. The Morgan fingerprint density at radius 3 is 2.00 bits per heavy atom. The van der Waals surface area contributed by atoms with Crippen molar-refractivity contribution >= 4 is 23.2 Å². The zero-order chi connectivity index (χ0) is 13.3. The fraction of sp³-hybridized carbons (Fsp3) is 0.250. The largest absolute Gasteiger partial charge is 0.0837 e. The number of rotatable bonds is 2. The zero-order valence-electron chi connectivity index (χ0n) is 10.8. The van der Waals surface area contributed by atoms with Crippen molar-refractivity contribution in [1.29, 1.82) is 0 Å². The van der Waals surface area contributed by atoms with E-state index in [9.17, 15) is 0 Å². The summed E-state index contributed by atoms with van der Waals surface area (Å²) in [5.74, 6) is 0. The van der Waals surface area contributed by atoms with Gasteiger partial charge in [0.2, 0.25) is 0 Å². The van der Waals surface area contributed by atoms with E-state index in [1.54, 1.807) is 0 Å². The lowest BCUT2D eigenvalue weighted by Gasteiger charge is -2.16. The van der Waals surface area contributed by atoms with Gasteiger partial charge in [0.1, 0.15) is 0 Å². The van der Waals surface area contributed by atoms with Gasteiger partial charge in [-0.3, -0.25) is 0 Å². The molecule has 2 aromatic carbocycles. The summed E-state index contributed by atoms with van der Waals surface area (Å²) >= 11 is 12.7. The van der Waals surface area contributed by atoms with Crippen molar-refractivity contribution in [2.24, 2.45) is 0 Å². The van der Waals surface area contributed by atoms with Crippen LogP contribution >= 0.6 is 23.2 Å². The second-order valence-electron chi connectivity index (χ2n) is 4.64. The molecule has 0 atom stereocenters. The lowest BCUT2D eigenvalue weighted by Crippen LogP contribution is -1.99. The monoisotopic (exact) mass is 278 g/mol. The molecule has 0 spiro atoms. The summed E-state index contributed by atoms with van der Waals surface area (Å²) in [5, 5.41) is 1.58. The summed E-state index contributed by atoms with van der Waals surface area (Å²) in [7, 11) is 0. The van der Waals surface area contributed by atoms with Crippen LogP contribution in [-0.4, -0.2) is 0 Å². The average Bonchev–Trinajstić information content (AvgIpc) is 2.40. The predicted molar refractivity (Wildman–Crippen MR) is 79.9 cm³/mol. The van der Waals surface area contributed by atoms with Gasteiger partial charge in [-0.05, 0) is 55.0 Å². The highest BCUT2D eigenvalue weighted by Gasteiger charge is 2.14. The average molecular weight is 279 g/mol. The molecule has 2 heteroatoms. The van der Waals surface area contributed by atoms with Crippen molar-refractivity contribution < 1.29 is 0 Å². The second-order valence-corrected chi connectivity index (χ2v) is 5.40. The quantitative estimate of drug-likeness (QED) is 0.680. The van der Waals surface area contributed by atoms with Crippen LogP contribution in [0.4, 0.5) is 0 Å². The van der Waals surface area contributed by atoms with E-state index in [1.807, 2.05) is 25.1 Å². The molecule has 0 aliphatic rings. The van der Waals surface area contributed by atoms with Crippen LogP contribution in [0.3, 0.4) is 0 Å². The van der Waals surface area contributed by atoms with Crippen LogP contribution in [0, 0.1) is 20.8 Å². The first-order chi connectivity index (χ1) is 8.52. The molecule has 2 aromatic rings. The van der Waals surface area contributed by atoms with Gasteiger partial charge in [-0.2, -0.15) is 0 Å². The molecule has 0 unspecified atom stereocenters. The molecule has 0 amide bonds. The summed E-state index contributed by atoms with van der Waals surface area (Å²) in [4.78, 5) is 0. The summed E-state index contributed by atoms with van der Waals surface area (Å²) in [6.45, 7) is 6.12. The van der Waals surface area contributed by atoms with Gasteiger partial charge >= 0.3 is 0 Å². The lowest BCUT2D eigenvalue weighted by atomic mass is 9.95. The Hall–Kier alpha value is -0.980. The summed E-state index contributed by atoms with van der Waals surface area (Å²) in [5.41, 5.74) is 5.75. The van der Waals surface area contributed by atoms with Crippen molar-refractivity contribution in [3.63, 3.8) is 0 Å².